The van der Waals surface area contributed by atoms with Crippen LogP contribution in [0.2, 0.25) is 0 Å². The molecule has 0 amide bonds. The van der Waals surface area contributed by atoms with Gasteiger partial charge in [-0.05, 0) is 54.7 Å². The highest BCUT2D eigenvalue weighted by atomic mass is 16.5. The Bertz CT molecular complexity index is 860. The van der Waals surface area contributed by atoms with Gasteiger partial charge < -0.3 is 4.74 Å². The number of ether oxygens (including phenoxy) is 1. The van der Waals surface area contributed by atoms with Gasteiger partial charge in [0.1, 0.15) is 5.75 Å². The zero-order chi connectivity index (χ0) is 18.0. The van der Waals surface area contributed by atoms with Gasteiger partial charge in [0, 0.05) is 17.1 Å². The number of carbonyl (C=O) groups excluding carboxylic acids is 1. The van der Waals surface area contributed by atoms with Gasteiger partial charge in [-0.3, -0.25) is 4.79 Å². The van der Waals surface area contributed by atoms with E-state index in [0.29, 0.717) is 0 Å². The molecule has 0 heterocycles. The van der Waals surface area contributed by atoms with E-state index in [1.165, 1.54) is 11.1 Å². The summed E-state index contributed by atoms with van der Waals surface area (Å²) >= 11 is 0. The number of benzene rings is 1. The van der Waals surface area contributed by atoms with Crippen LogP contribution in [0.15, 0.2) is 70.9 Å². The van der Waals surface area contributed by atoms with Crippen LogP contribution in [-0.4, -0.2) is 12.9 Å². The van der Waals surface area contributed by atoms with Gasteiger partial charge in [-0.1, -0.05) is 49.4 Å². The fraction of sp³-hybridized carbons (Fsp3) is 0.261. The normalized spacial score (nSPS) is 25.8. The second-order valence-corrected chi connectivity index (χ2v) is 6.61. The predicted octanol–water partition coefficient (Wildman–Crippen LogP) is 5.54. The van der Waals surface area contributed by atoms with Gasteiger partial charge in [-0.15, -0.1) is 0 Å². The van der Waals surface area contributed by atoms with Crippen LogP contribution in [0.5, 0.6) is 5.75 Å². The maximum absolute atomic E-state index is 13.1. The number of hydrogen-bond acceptors (Lipinski definition) is 2. The molecule has 0 spiro atoms. The molecule has 2 aliphatic rings. The van der Waals surface area contributed by atoms with Crippen LogP contribution >= 0.6 is 0 Å². The minimum Gasteiger partial charge on any atom is -0.496 e. The highest BCUT2D eigenvalue weighted by Crippen LogP contribution is 2.39. The van der Waals surface area contributed by atoms with Crippen molar-refractivity contribution >= 4 is 11.9 Å². The van der Waals surface area contributed by atoms with Crippen molar-refractivity contribution in [2.75, 3.05) is 7.11 Å². The number of carbonyl (C=O) groups is 1. The lowest BCUT2D eigenvalue weighted by Gasteiger charge is -2.24. The molecule has 1 aromatic carbocycles. The Balaban J connectivity index is 2.14. The number of allylic oxidation sites excluding steroid dienone is 9. The zero-order valence-corrected chi connectivity index (χ0v) is 15.3. The lowest BCUT2D eigenvalue weighted by Crippen LogP contribution is -2.19. The van der Waals surface area contributed by atoms with Crippen LogP contribution in [0.25, 0.3) is 6.08 Å². The quantitative estimate of drug-likeness (QED) is 0.710. The van der Waals surface area contributed by atoms with E-state index in [2.05, 4.69) is 50.3 Å². The maximum Gasteiger partial charge on any atom is 0.170 e. The Kier molecular flexibility index (Phi) is 4.89. The molecular formula is C23H24O2. The summed E-state index contributed by atoms with van der Waals surface area (Å²) in [4.78, 5) is 13.1. The summed E-state index contributed by atoms with van der Waals surface area (Å²) in [6.45, 7) is 6.15. The third-order valence-corrected chi connectivity index (χ3v) is 4.97. The Hall–Kier alpha value is -2.61. The van der Waals surface area contributed by atoms with Crippen molar-refractivity contribution in [2.24, 2.45) is 0 Å². The van der Waals surface area contributed by atoms with E-state index in [0.717, 1.165) is 34.4 Å². The van der Waals surface area contributed by atoms with Crippen LogP contribution in [0.3, 0.4) is 0 Å². The first kappa shape index (κ1) is 17.2. The molecule has 2 heteroatoms. The van der Waals surface area contributed by atoms with E-state index >= 15 is 0 Å². The molecule has 0 N–H and O–H groups in total. The minimum absolute atomic E-state index is 0.150. The van der Waals surface area contributed by atoms with Crippen molar-refractivity contribution in [3.8, 4) is 5.75 Å². The molecule has 0 saturated heterocycles. The number of ketones is 1. The first-order chi connectivity index (χ1) is 12.0. The molecule has 1 atom stereocenters. The van der Waals surface area contributed by atoms with E-state index in [-0.39, 0.29) is 11.7 Å². The SMILES string of the molecule is COc1cccc2c1C(C)C(=O)C(C1=C/C/C=C\C=C(C)C(\C)=C\1)=C2. The van der Waals surface area contributed by atoms with Crippen LogP contribution in [0, 0.1) is 0 Å². The molecular weight excluding hydrogens is 308 g/mol. The van der Waals surface area contributed by atoms with Crippen molar-refractivity contribution in [3.63, 3.8) is 0 Å². The third-order valence-electron chi connectivity index (χ3n) is 4.97. The van der Waals surface area contributed by atoms with Gasteiger partial charge in [0.15, 0.2) is 5.78 Å². The summed E-state index contributed by atoms with van der Waals surface area (Å²) in [5, 5.41) is 0. The summed E-state index contributed by atoms with van der Waals surface area (Å²) in [5.74, 6) is 0.725. The van der Waals surface area contributed by atoms with Crippen LogP contribution < -0.4 is 4.74 Å². The molecule has 0 aliphatic heterocycles. The average molecular weight is 332 g/mol. The third kappa shape index (κ3) is 3.30. The van der Waals surface area contributed by atoms with Crippen molar-refractivity contribution < 1.29 is 9.53 Å². The summed E-state index contributed by atoms with van der Waals surface area (Å²) in [6, 6.07) is 5.95. The summed E-state index contributed by atoms with van der Waals surface area (Å²) in [5.41, 5.74) is 6.23. The molecule has 2 nitrogen and oxygen atoms in total. The van der Waals surface area contributed by atoms with Gasteiger partial charge >= 0.3 is 0 Å². The van der Waals surface area contributed by atoms with Crippen molar-refractivity contribution in [3.05, 3.63) is 82.0 Å². The van der Waals surface area contributed by atoms with Gasteiger partial charge in [0.05, 0.1) is 7.11 Å². The van der Waals surface area contributed by atoms with E-state index in [4.69, 9.17) is 4.74 Å². The molecule has 0 fully saturated rings. The average Bonchev–Trinajstić information content (AvgIpc) is 2.69. The van der Waals surface area contributed by atoms with Crippen LogP contribution in [0.1, 0.15) is 44.2 Å². The van der Waals surface area contributed by atoms with E-state index < -0.39 is 0 Å². The highest BCUT2D eigenvalue weighted by Gasteiger charge is 2.30. The molecule has 25 heavy (non-hydrogen) atoms. The number of Topliss-reactive ketones (excluding diaryl/α,β-unsaturated/α-hetero) is 1. The molecule has 128 valence electrons. The molecule has 2 aliphatic carbocycles. The van der Waals surface area contributed by atoms with E-state index in [9.17, 15) is 4.79 Å². The topological polar surface area (TPSA) is 26.3 Å². The number of fused-ring (bicyclic) bond motifs is 1. The fourth-order valence-corrected chi connectivity index (χ4v) is 3.36. The lowest BCUT2D eigenvalue weighted by molar-refractivity contribution is -0.116. The lowest BCUT2D eigenvalue weighted by atomic mass is 9.79. The molecule has 0 bridgehead atoms. The Morgan fingerprint density at radius 1 is 1.12 bits per heavy atom. The monoisotopic (exact) mass is 332 g/mol. The van der Waals surface area contributed by atoms with Crippen LogP contribution in [-0.2, 0) is 4.79 Å². The first-order valence-corrected chi connectivity index (χ1v) is 8.68. The summed E-state index contributed by atoms with van der Waals surface area (Å²) < 4.78 is 5.47. The van der Waals surface area contributed by atoms with Crippen molar-refractivity contribution in [1.29, 1.82) is 0 Å². The van der Waals surface area contributed by atoms with E-state index in [1.54, 1.807) is 7.11 Å². The molecule has 3 rings (SSSR count). The Labute approximate surface area is 149 Å². The van der Waals surface area contributed by atoms with Crippen LogP contribution in [0.4, 0.5) is 0 Å². The smallest absolute Gasteiger partial charge is 0.170 e. The van der Waals surface area contributed by atoms with Gasteiger partial charge in [-0.2, -0.15) is 0 Å². The fourth-order valence-electron chi connectivity index (χ4n) is 3.36. The van der Waals surface area contributed by atoms with Crippen molar-refractivity contribution in [2.45, 2.75) is 33.1 Å². The molecule has 0 saturated carbocycles. The molecule has 0 radical (unpaired) electrons. The molecule has 1 unspecified atom stereocenters. The zero-order valence-electron chi connectivity index (χ0n) is 15.3. The second kappa shape index (κ2) is 7.10. The summed E-state index contributed by atoms with van der Waals surface area (Å²) in [6.07, 6.45) is 13.4. The molecule has 1 aromatic rings. The second-order valence-electron chi connectivity index (χ2n) is 6.61. The first-order valence-electron chi connectivity index (χ1n) is 8.68. The minimum atomic E-state index is -0.208. The summed E-state index contributed by atoms with van der Waals surface area (Å²) in [7, 11) is 1.65. The number of hydrogen-bond donors (Lipinski definition) is 0. The largest absolute Gasteiger partial charge is 0.496 e. The number of rotatable bonds is 2. The highest BCUT2D eigenvalue weighted by molar-refractivity contribution is 6.11. The van der Waals surface area contributed by atoms with Gasteiger partial charge in [-0.25, -0.2) is 0 Å². The van der Waals surface area contributed by atoms with Crippen molar-refractivity contribution in [1.82, 2.24) is 0 Å². The number of methoxy groups -OCH3 is 1. The van der Waals surface area contributed by atoms with Gasteiger partial charge in [0.2, 0.25) is 0 Å². The standard InChI is InChI=1S/C23H24O2/c1-15-9-6-5-7-10-18(13-16(15)2)20-14-19-11-8-12-21(25-4)22(19)17(3)23(20)24/h5-6,8-14,17H,7H2,1-4H3/b6-5-,15-9?,16-13+,18-10+. The van der Waals surface area contributed by atoms with Gasteiger partial charge in [0.25, 0.3) is 0 Å². The Morgan fingerprint density at radius 2 is 1.92 bits per heavy atom. The maximum atomic E-state index is 13.1. The van der Waals surface area contributed by atoms with E-state index in [1.807, 2.05) is 25.1 Å². The predicted molar refractivity (Wildman–Crippen MR) is 104 cm³/mol. The Morgan fingerprint density at radius 3 is 2.68 bits per heavy atom. The molecule has 0 aromatic heterocycles.